The maximum Gasteiger partial charge on any atom is 0.259 e. The summed E-state index contributed by atoms with van der Waals surface area (Å²) >= 11 is 0. The minimum absolute atomic E-state index is 0. The number of amides is 1. The first kappa shape index (κ1) is 27.5. The molecule has 2 aromatic rings. The third-order valence-corrected chi connectivity index (χ3v) is 6.64. The molecule has 1 unspecified atom stereocenters. The summed E-state index contributed by atoms with van der Waals surface area (Å²) in [5, 5.41) is 14.1. The van der Waals surface area contributed by atoms with Crippen LogP contribution in [0.3, 0.4) is 0 Å². The first-order valence-electron chi connectivity index (χ1n) is 11.9. The van der Waals surface area contributed by atoms with Crippen LogP contribution in [0.4, 0.5) is 0 Å². The molecule has 0 radical (unpaired) electrons. The summed E-state index contributed by atoms with van der Waals surface area (Å²) in [5.41, 5.74) is 3.12. The van der Waals surface area contributed by atoms with E-state index in [0.717, 1.165) is 45.4 Å². The van der Waals surface area contributed by atoms with Crippen molar-refractivity contribution < 1.29 is 19.4 Å². The number of carbonyl (C=O) groups is 1. The Kier molecular flexibility index (Phi) is 10.0. The van der Waals surface area contributed by atoms with Crippen LogP contribution in [-0.4, -0.2) is 83.9 Å². The predicted molar refractivity (Wildman–Crippen MR) is 138 cm³/mol. The van der Waals surface area contributed by atoms with Crippen LogP contribution in [0.5, 0.6) is 11.8 Å². The van der Waals surface area contributed by atoms with E-state index in [1.807, 2.05) is 0 Å². The van der Waals surface area contributed by atoms with Gasteiger partial charge in [0.1, 0.15) is 18.3 Å². The average Bonchev–Trinajstić information content (AvgIpc) is 2.98. The largest absolute Gasteiger partial charge is 0.475 e. The van der Waals surface area contributed by atoms with Gasteiger partial charge >= 0.3 is 0 Å². The van der Waals surface area contributed by atoms with Gasteiger partial charge in [0.05, 0.1) is 12.6 Å². The molecule has 35 heavy (non-hydrogen) atoms. The van der Waals surface area contributed by atoms with Crippen LogP contribution in [0.15, 0.2) is 36.4 Å². The summed E-state index contributed by atoms with van der Waals surface area (Å²) in [5.74, 6) is 0.648. The highest BCUT2D eigenvalue weighted by Gasteiger charge is 2.28. The Morgan fingerprint density at radius 2 is 1.86 bits per heavy atom. The van der Waals surface area contributed by atoms with E-state index in [4.69, 9.17) is 9.47 Å². The Balaban J connectivity index is 0.00000171. The molecule has 1 aromatic carbocycles. The zero-order valence-electron chi connectivity index (χ0n) is 19.7. The first-order valence-corrected chi connectivity index (χ1v) is 11.9. The summed E-state index contributed by atoms with van der Waals surface area (Å²) in [7, 11) is 0. The molecular formula is C25H34Cl2N4O4. The van der Waals surface area contributed by atoms with Crippen molar-refractivity contribution in [1.82, 2.24) is 20.1 Å². The molecule has 3 aliphatic heterocycles. The van der Waals surface area contributed by atoms with E-state index < -0.39 is 6.10 Å². The fourth-order valence-electron chi connectivity index (χ4n) is 4.86. The van der Waals surface area contributed by atoms with Crippen molar-refractivity contribution in [3.05, 3.63) is 53.1 Å². The highest BCUT2D eigenvalue weighted by Crippen LogP contribution is 2.26. The van der Waals surface area contributed by atoms with Crippen LogP contribution in [0, 0.1) is 0 Å². The van der Waals surface area contributed by atoms with Gasteiger partial charge < -0.3 is 24.8 Å². The Hall–Kier alpha value is -2.10. The lowest BCUT2D eigenvalue weighted by Gasteiger charge is -2.32. The number of fused-ring (bicyclic) bond motifs is 2. The Bertz CT molecular complexity index is 990. The number of aliphatic hydroxyl groups is 1. The standard InChI is InChI=1S/C25H32N4O4.2ClH/c30-20(16-28-12-9-18-3-1-2-4-19(18)15-28)17-29-13-14-32-24-22(25(29)31)5-6-23(27-24)33-21-7-10-26-11-8-21;;/h1-6,20-21,26,30H,7-17H2;2*1H. The predicted octanol–water partition coefficient (Wildman–Crippen LogP) is 2.31. The Morgan fingerprint density at radius 3 is 2.66 bits per heavy atom. The number of pyridine rings is 1. The third kappa shape index (κ3) is 6.77. The maximum absolute atomic E-state index is 13.2. The summed E-state index contributed by atoms with van der Waals surface area (Å²) in [4.78, 5) is 21.6. The number of hydrogen-bond acceptors (Lipinski definition) is 7. The normalized spacial score (nSPS) is 19.2. The van der Waals surface area contributed by atoms with Crippen molar-refractivity contribution in [2.45, 2.75) is 38.0 Å². The lowest BCUT2D eigenvalue weighted by Crippen LogP contribution is -2.44. The second-order valence-corrected chi connectivity index (χ2v) is 9.08. The highest BCUT2D eigenvalue weighted by atomic mass is 35.5. The van der Waals surface area contributed by atoms with Crippen LogP contribution < -0.4 is 14.8 Å². The minimum Gasteiger partial charge on any atom is -0.475 e. The number of carbonyl (C=O) groups excluding carboxylic acids is 1. The van der Waals surface area contributed by atoms with E-state index in [-0.39, 0.29) is 43.4 Å². The van der Waals surface area contributed by atoms with Gasteiger partial charge in [0.2, 0.25) is 11.8 Å². The van der Waals surface area contributed by atoms with Crippen molar-refractivity contribution in [2.24, 2.45) is 0 Å². The number of hydrogen-bond donors (Lipinski definition) is 2. The second-order valence-electron chi connectivity index (χ2n) is 9.08. The molecule has 10 heteroatoms. The number of benzene rings is 1. The van der Waals surface area contributed by atoms with Crippen LogP contribution >= 0.6 is 24.8 Å². The summed E-state index contributed by atoms with van der Waals surface area (Å²) in [6.45, 7) is 5.18. The molecule has 8 nitrogen and oxygen atoms in total. The first-order chi connectivity index (χ1) is 16.2. The average molecular weight is 525 g/mol. The highest BCUT2D eigenvalue weighted by molar-refractivity contribution is 5.96. The van der Waals surface area contributed by atoms with Crippen LogP contribution in [0.1, 0.15) is 34.3 Å². The number of ether oxygens (including phenoxy) is 2. The number of piperidine rings is 1. The minimum atomic E-state index is -0.628. The lowest BCUT2D eigenvalue weighted by molar-refractivity contribution is 0.0501. The number of nitrogens with one attached hydrogen (secondary N) is 1. The summed E-state index contributed by atoms with van der Waals surface area (Å²) in [6, 6.07) is 11.9. The number of halogens is 2. The molecule has 1 amide bonds. The van der Waals surface area contributed by atoms with Crippen molar-refractivity contribution in [3.63, 3.8) is 0 Å². The maximum atomic E-state index is 13.2. The van der Waals surface area contributed by atoms with Gasteiger partial charge in [-0.15, -0.1) is 24.8 Å². The zero-order valence-corrected chi connectivity index (χ0v) is 21.4. The zero-order chi connectivity index (χ0) is 22.6. The van der Waals surface area contributed by atoms with Crippen molar-refractivity contribution in [3.8, 4) is 11.8 Å². The lowest BCUT2D eigenvalue weighted by atomic mass is 10.00. The smallest absolute Gasteiger partial charge is 0.259 e. The van der Waals surface area contributed by atoms with E-state index in [9.17, 15) is 9.90 Å². The number of aromatic nitrogens is 1. The number of rotatable bonds is 6. The van der Waals surface area contributed by atoms with Gasteiger partial charge in [0.15, 0.2) is 0 Å². The molecule has 192 valence electrons. The summed E-state index contributed by atoms with van der Waals surface area (Å²) in [6.07, 6.45) is 2.36. The van der Waals surface area contributed by atoms with E-state index in [1.54, 1.807) is 17.0 Å². The van der Waals surface area contributed by atoms with E-state index in [1.165, 1.54) is 11.1 Å². The molecule has 3 aliphatic rings. The molecule has 0 bridgehead atoms. The topological polar surface area (TPSA) is 87.2 Å². The van der Waals surface area contributed by atoms with Gasteiger partial charge in [-0.25, -0.2) is 0 Å². The second kappa shape index (κ2) is 12.7. The van der Waals surface area contributed by atoms with E-state index >= 15 is 0 Å². The molecule has 0 spiro atoms. The molecule has 1 saturated heterocycles. The SMILES string of the molecule is Cl.Cl.O=C1c2ccc(OC3CCNCC3)nc2OCCN1CC(O)CN1CCc2ccccc2C1. The van der Waals surface area contributed by atoms with Gasteiger partial charge in [0, 0.05) is 32.2 Å². The monoisotopic (exact) mass is 524 g/mol. The van der Waals surface area contributed by atoms with E-state index in [2.05, 4.69) is 39.5 Å². The Morgan fingerprint density at radius 1 is 1.09 bits per heavy atom. The van der Waals surface area contributed by atoms with Crippen molar-refractivity contribution in [1.29, 1.82) is 0 Å². The third-order valence-electron chi connectivity index (χ3n) is 6.64. The van der Waals surface area contributed by atoms with Gasteiger partial charge in [-0.1, -0.05) is 24.3 Å². The fraction of sp³-hybridized carbons (Fsp3) is 0.520. The van der Waals surface area contributed by atoms with Gasteiger partial charge in [-0.05, 0) is 49.5 Å². The molecule has 1 aromatic heterocycles. The van der Waals surface area contributed by atoms with Crippen LogP contribution in [-0.2, 0) is 13.0 Å². The van der Waals surface area contributed by atoms with Gasteiger partial charge in [-0.3, -0.25) is 9.69 Å². The Labute approximate surface area is 218 Å². The molecule has 5 rings (SSSR count). The number of β-amino-alcohol motifs (C(OH)–C–C–N with tert-alkyl or cyclic N) is 1. The van der Waals surface area contributed by atoms with Crippen molar-refractivity contribution in [2.75, 3.05) is 45.9 Å². The molecule has 2 N–H and O–H groups in total. The van der Waals surface area contributed by atoms with Crippen molar-refractivity contribution >= 4 is 30.7 Å². The fourth-order valence-corrected chi connectivity index (χ4v) is 4.86. The van der Waals surface area contributed by atoms with Gasteiger partial charge in [0.25, 0.3) is 5.91 Å². The number of nitrogens with zero attached hydrogens (tertiary/aromatic N) is 3. The van der Waals surface area contributed by atoms with Crippen LogP contribution in [0.2, 0.25) is 0 Å². The molecule has 1 atom stereocenters. The van der Waals surface area contributed by atoms with Crippen LogP contribution in [0.25, 0.3) is 0 Å². The van der Waals surface area contributed by atoms with E-state index in [0.29, 0.717) is 37.0 Å². The number of aliphatic hydroxyl groups excluding tert-OH is 1. The molecule has 4 heterocycles. The quantitative estimate of drug-likeness (QED) is 0.599. The molecule has 0 aliphatic carbocycles. The van der Waals surface area contributed by atoms with Gasteiger partial charge in [-0.2, -0.15) is 4.98 Å². The molecular weight excluding hydrogens is 491 g/mol. The molecule has 1 fully saturated rings. The summed E-state index contributed by atoms with van der Waals surface area (Å²) < 4.78 is 11.8. The molecule has 0 saturated carbocycles.